The second-order valence-electron chi connectivity index (χ2n) is 10.4. The number of benzene rings is 2. The van der Waals surface area contributed by atoms with Gasteiger partial charge in [0.15, 0.2) is 5.82 Å². The molecule has 1 unspecified atom stereocenters. The van der Waals surface area contributed by atoms with E-state index in [1.807, 2.05) is 24.5 Å². The van der Waals surface area contributed by atoms with Crippen LogP contribution in [-0.2, 0) is 6.42 Å². The summed E-state index contributed by atoms with van der Waals surface area (Å²) < 4.78 is 12.6. The van der Waals surface area contributed by atoms with E-state index in [1.54, 1.807) is 0 Å². The second-order valence-corrected chi connectivity index (χ2v) is 13.6. The van der Waals surface area contributed by atoms with Crippen LogP contribution in [0.25, 0.3) is 22.5 Å². The number of aryl methyl sites for hydroxylation is 1. The molecule has 3 rings (SSSR count). The fraction of sp³-hybridized carbons (Fsp3) is 0.500. The summed E-state index contributed by atoms with van der Waals surface area (Å²) in [5.41, 5.74) is 4.71. The first-order chi connectivity index (χ1) is 18.0. The van der Waals surface area contributed by atoms with Gasteiger partial charge < -0.3 is 9.47 Å². The molecule has 1 atom stereocenters. The molecule has 0 bridgehead atoms. The zero-order chi connectivity index (χ0) is 26.5. The third-order valence-electron chi connectivity index (χ3n) is 6.81. The lowest BCUT2D eigenvalue weighted by molar-refractivity contribution is 0.262. The number of aromatic nitrogens is 2. The molecule has 0 aliphatic heterocycles. The quantitative estimate of drug-likeness (QED) is 0.140. The van der Waals surface area contributed by atoms with Crippen LogP contribution in [0.1, 0.15) is 77.7 Å². The van der Waals surface area contributed by atoms with E-state index in [9.17, 15) is 0 Å². The van der Waals surface area contributed by atoms with Gasteiger partial charge in [-0.1, -0.05) is 84.2 Å². The van der Waals surface area contributed by atoms with E-state index in [-0.39, 0.29) is 0 Å². The van der Waals surface area contributed by atoms with Crippen LogP contribution in [0.4, 0.5) is 0 Å². The molecule has 0 amide bonds. The van der Waals surface area contributed by atoms with E-state index in [0.717, 1.165) is 60.5 Å². The Hall–Kier alpha value is -2.66. The predicted octanol–water partition coefficient (Wildman–Crippen LogP) is 8.69. The monoisotopic (exact) mass is 518 g/mol. The van der Waals surface area contributed by atoms with Gasteiger partial charge in [0.1, 0.15) is 11.5 Å². The van der Waals surface area contributed by atoms with Crippen LogP contribution in [0.5, 0.6) is 11.5 Å². The van der Waals surface area contributed by atoms with Crippen molar-refractivity contribution in [2.75, 3.05) is 6.61 Å². The summed E-state index contributed by atoms with van der Waals surface area (Å²) in [6.07, 6.45) is 14.4. The van der Waals surface area contributed by atoms with Crippen molar-refractivity contribution in [2.45, 2.75) is 97.4 Å². The van der Waals surface area contributed by atoms with Crippen molar-refractivity contribution in [3.8, 4) is 34.0 Å². The van der Waals surface area contributed by atoms with Crippen molar-refractivity contribution in [3.05, 3.63) is 60.4 Å². The van der Waals surface area contributed by atoms with E-state index in [2.05, 4.69) is 64.2 Å². The minimum absolute atomic E-state index is 0.317. The van der Waals surface area contributed by atoms with Crippen LogP contribution in [0.15, 0.2) is 54.9 Å². The highest BCUT2D eigenvalue weighted by molar-refractivity contribution is 6.57. The molecule has 0 saturated heterocycles. The highest BCUT2D eigenvalue weighted by Gasteiger charge is 2.19. The maximum absolute atomic E-state index is 6.67. The van der Waals surface area contributed by atoms with E-state index in [1.165, 1.54) is 37.7 Å². The standard InChI is InChI=1S/C32H46N2O2Si/c1-6-9-11-12-21-35-28-18-16-26(17-19-28)27-23-33-32(34-24-27)29-20-15-25(14-10-7-2)22-30(29)36-31(13-8-3)37(4)5/h15-20,22-24,31,37H,6-14,21H2,1-5H3. The number of ether oxygens (including phenoxy) is 2. The van der Waals surface area contributed by atoms with Gasteiger partial charge >= 0.3 is 0 Å². The zero-order valence-electron chi connectivity index (χ0n) is 23.6. The molecule has 0 radical (unpaired) electrons. The zero-order valence-corrected chi connectivity index (χ0v) is 24.8. The summed E-state index contributed by atoms with van der Waals surface area (Å²) in [6.45, 7) is 12.2. The summed E-state index contributed by atoms with van der Waals surface area (Å²) >= 11 is 0. The van der Waals surface area contributed by atoms with Crippen molar-refractivity contribution in [1.82, 2.24) is 9.97 Å². The van der Waals surface area contributed by atoms with Crippen LogP contribution in [0.3, 0.4) is 0 Å². The Bertz CT molecular complexity index is 1050. The summed E-state index contributed by atoms with van der Waals surface area (Å²) in [6, 6.07) is 14.8. The molecule has 1 heterocycles. The van der Waals surface area contributed by atoms with Crippen molar-refractivity contribution < 1.29 is 9.47 Å². The molecule has 200 valence electrons. The molecule has 0 aliphatic rings. The molecule has 0 fully saturated rings. The fourth-order valence-electron chi connectivity index (χ4n) is 4.44. The minimum atomic E-state index is -0.965. The van der Waals surface area contributed by atoms with Crippen LogP contribution in [0, 0.1) is 0 Å². The third-order valence-corrected chi connectivity index (χ3v) is 8.76. The average Bonchev–Trinajstić information content (AvgIpc) is 2.92. The van der Waals surface area contributed by atoms with Gasteiger partial charge in [-0.2, -0.15) is 0 Å². The highest BCUT2D eigenvalue weighted by atomic mass is 28.3. The van der Waals surface area contributed by atoms with Crippen LogP contribution in [-0.4, -0.2) is 31.1 Å². The predicted molar refractivity (Wildman–Crippen MR) is 159 cm³/mol. The number of nitrogens with zero attached hydrogens (tertiary/aromatic N) is 2. The Morgan fingerprint density at radius 1 is 0.784 bits per heavy atom. The number of hydrogen-bond acceptors (Lipinski definition) is 4. The molecule has 0 saturated carbocycles. The number of rotatable bonds is 16. The van der Waals surface area contributed by atoms with E-state index in [4.69, 9.17) is 19.4 Å². The van der Waals surface area contributed by atoms with Crippen molar-refractivity contribution in [3.63, 3.8) is 0 Å². The maximum atomic E-state index is 6.67. The SMILES string of the molecule is CCCCCCOc1ccc(-c2cnc(-c3ccc(CCCC)cc3OC(CCC)[SiH](C)C)nc2)cc1. The molecule has 2 aromatic carbocycles. The molecule has 1 aromatic heterocycles. The van der Waals surface area contributed by atoms with E-state index >= 15 is 0 Å². The summed E-state index contributed by atoms with van der Waals surface area (Å²) in [7, 11) is -0.965. The van der Waals surface area contributed by atoms with E-state index in [0.29, 0.717) is 11.6 Å². The van der Waals surface area contributed by atoms with Gasteiger partial charge in [0.2, 0.25) is 0 Å². The first kappa shape index (κ1) is 28.9. The Morgan fingerprint density at radius 3 is 2.16 bits per heavy atom. The molecule has 0 aliphatic carbocycles. The third kappa shape index (κ3) is 8.99. The number of hydrogen-bond donors (Lipinski definition) is 0. The minimum Gasteiger partial charge on any atom is -0.494 e. The Labute approximate surface area is 226 Å². The largest absolute Gasteiger partial charge is 0.494 e. The van der Waals surface area contributed by atoms with Gasteiger partial charge in [-0.05, 0) is 61.1 Å². The van der Waals surface area contributed by atoms with Gasteiger partial charge in [0.05, 0.1) is 26.7 Å². The van der Waals surface area contributed by atoms with Gasteiger partial charge in [0.25, 0.3) is 0 Å². The lowest BCUT2D eigenvalue weighted by Gasteiger charge is -2.23. The normalized spacial score (nSPS) is 12.1. The molecular weight excluding hydrogens is 472 g/mol. The smallest absolute Gasteiger partial charge is 0.162 e. The molecule has 37 heavy (non-hydrogen) atoms. The topological polar surface area (TPSA) is 44.2 Å². The summed E-state index contributed by atoms with van der Waals surface area (Å²) in [5, 5.41) is 0. The lowest BCUT2D eigenvalue weighted by atomic mass is 10.0. The van der Waals surface area contributed by atoms with Gasteiger partial charge in [-0.25, -0.2) is 9.97 Å². The van der Waals surface area contributed by atoms with Crippen molar-refractivity contribution in [2.24, 2.45) is 0 Å². The van der Waals surface area contributed by atoms with Gasteiger partial charge in [0, 0.05) is 18.0 Å². The first-order valence-corrected chi connectivity index (χ1v) is 17.4. The maximum Gasteiger partial charge on any atom is 0.162 e. The molecule has 0 N–H and O–H groups in total. The summed E-state index contributed by atoms with van der Waals surface area (Å²) in [4.78, 5) is 9.53. The van der Waals surface area contributed by atoms with Gasteiger partial charge in [-0.3, -0.25) is 0 Å². The summed E-state index contributed by atoms with van der Waals surface area (Å²) in [5.74, 6) is 2.56. The Balaban J connectivity index is 1.76. The Morgan fingerprint density at radius 2 is 1.51 bits per heavy atom. The van der Waals surface area contributed by atoms with Gasteiger partial charge in [-0.15, -0.1) is 0 Å². The molecule has 3 aromatic rings. The molecule has 0 spiro atoms. The first-order valence-electron chi connectivity index (χ1n) is 14.4. The van der Waals surface area contributed by atoms with Crippen molar-refractivity contribution in [1.29, 1.82) is 0 Å². The molecule has 4 nitrogen and oxygen atoms in total. The molecular formula is C32H46N2O2Si. The second kappa shape index (κ2) is 15.6. The molecule has 5 heteroatoms. The Kier molecular flexibility index (Phi) is 12.2. The van der Waals surface area contributed by atoms with Crippen LogP contribution in [0.2, 0.25) is 13.1 Å². The van der Waals surface area contributed by atoms with E-state index < -0.39 is 8.80 Å². The van der Waals surface area contributed by atoms with Crippen LogP contribution < -0.4 is 9.47 Å². The highest BCUT2D eigenvalue weighted by Crippen LogP contribution is 2.32. The number of unbranched alkanes of at least 4 members (excludes halogenated alkanes) is 4. The fourth-order valence-corrected chi connectivity index (χ4v) is 5.86. The average molecular weight is 519 g/mol. The van der Waals surface area contributed by atoms with Crippen LogP contribution >= 0.6 is 0 Å². The van der Waals surface area contributed by atoms with Crippen molar-refractivity contribution >= 4 is 8.80 Å². The lowest BCUT2D eigenvalue weighted by Crippen LogP contribution is -2.31.